The third-order valence-electron chi connectivity index (χ3n) is 4.80. The van der Waals surface area contributed by atoms with Gasteiger partial charge in [0.1, 0.15) is 0 Å². The van der Waals surface area contributed by atoms with Gasteiger partial charge < -0.3 is 0 Å². The highest BCUT2D eigenvalue weighted by Gasteiger charge is 2.24. The van der Waals surface area contributed by atoms with E-state index in [2.05, 4.69) is 29.0 Å². The van der Waals surface area contributed by atoms with Crippen LogP contribution in [0.1, 0.15) is 37.2 Å². The van der Waals surface area contributed by atoms with E-state index < -0.39 is 10.0 Å². The standard InChI is InChI=1S/C19H22ClNO2S/c20-18-10-12-19(13-11-18)24(22,23)21-14-15-6-8-17(9-7-15)16-4-2-1-3-5-16/h1-5,10-13,15,17,21H,6-9,14H2/t15-,17+. The zero-order valence-corrected chi connectivity index (χ0v) is 15.1. The Morgan fingerprint density at radius 3 is 2.17 bits per heavy atom. The molecule has 1 N–H and O–H groups in total. The molecule has 0 spiro atoms. The number of halogens is 1. The number of sulfonamides is 1. The molecular weight excluding hydrogens is 342 g/mol. The molecule has 0 bridgehead atoms. The lowest BCUT2D eigenvalue weighted by atomic mass is 9.79. The zero-order chi connectivity index (χ0) is 17.0. The lowest BCUT2D eigenvalue weighted by Gasteiger charge is -2.28. The number of hydrogen-bond donors (Lipinski definition) is 1. The van der Waals surface area contributed by atoms with Crippen LogP contribution in [0.4, 0.5) is 0 Å². The van der Waals surface area contributed by atoms with Crippen LogP contribution in [0.25, 0.3) is 0 Å². The monoisotopic (exact) mass is 363 g/mol. The molecule has 24 heavy (non-hydrogen) atoms. The second kappa shape index (κ2) is 7.68. The van der Waals surface area contributed by atoms with Crippen molar-refractivity contribution in [3.63, 3.8) is 0 Å². The maximum Gasteiger partial charge on any atom is 0.240 e. The predicted octanol–water partition coefficient (Wildman–Crippen LogP) is 4.59. The molecule has 128 valence electrons. The van der Waals surface area contributed by atoms with Crippen LogP contribution in [0.5, 0.6) is 0 Å². The minimum Gasteiger partial charge on any atom is -0.211 e. The van der Waals surface area contributed by atoms with Gasteiger partial charge in [0.05, 0.1) is 4.90 Å². The summed E-state index contributed by atoms with van der Waals surface area (Å²) < 4.78 is 27.4. The molecule has 0 unspecified atom stereocenters. The summed E-state index contributed by atoms with van der Waals surface area (Å²) in [5.41, 5.74) is 1.40. The Morgan fingerprint density at radius 1 is 0.917 bits per heavy atom. The molecule has 0 aromatic heterocycles. The Bertz CT molecular complexity index is 752. The molecule has 1 saturated carbocycles. The van der Waals surface area contributed by atoms with Crippen molar-refractivity contribution in [3.05, 3.63) is 65.2 Å². The first-order valence-electron chi connectivity index (χ1n) is 8.35. The summed E-state index contributed by atoms with van der Waals surface area (Å²) in [7, 11) is -3.45. The van der Waals surface area contributed by atoms with Crippen molar-refractivity contribution in [3.8, 4) is 0 Å². The van der Waals surface area contributed by atoms with Crippen LogP contribution >= 0.6 is 11.6 Å². The second-order valence-electron chi connectivity index (χ2n) is 6.43. The summed E-state index contributed by atoms with van der Waals surface area (Å²) >= 11 is 5.81. The molecule has 0 heterocycles. The zero-order valence-electron chi connectivity index (χ0n) is 13.5. The van der Waals surface area contributed by atoms with E-state index in [4.69, 9.17) is 11.6 Å². The van der Waals surface area contributed by atoms with Crippen molar-refractivity contribution in [2.75, 3.05) is 6.54 Å². The number of rotatable bonds is 5. The van der Waals surface area contributed by atoms with Crippen molar-refractivity contribution >= 4 is 21.6 Å². The Labute approximate surface area is 149 Å². The van der Waals surface area contributed by atoms with E-state index in [1.807, 2.05) is 6.07 Å². The summed E-state index contributed by atoms with van der Waals surface area (Å²) in [5, 5.41) is 0.535. The molecule has 0 radical (unpaired) electrons. The van der Waals surface area contributed by atoms with E-state index in [0.29, 0.717) is 23.4 Å². The van der Waals surface area contributed by atoms with Crippen LogP contribution in [0.2, 0.25) is 5.02 Å². The summed E-state index contributed by atoms with van der Waals surface area (Å²) in [6, 6.07) is 16.9. The highest BCUT2D eigenvalue weighted by molar-refractivity contribution is 7.89. The fourth-order valence-electron chi connectivity index (χ4n) is 3.35. The van der Waals surface area contributed by atoms with Gasteiger partial charge in [-0.05, 0) is 67.3 Å². The quantitative estimate of drug-likeness (QED) is 0.844. The molecule has 0 aliphatic heterocycles. The molecule has 3 nitrogen and oxygen atoms in total. The largest absolute Gasteiger partial charge is 0.240 e. The van der Waals surface area contributed by atoms with E-state index in [1.54, 1.807) is 12.1 Å². The number of hydrogen-bond acceptors (Lipinski definition) is 2. The van der Waals surface area contributed by atoms with Crippen molar-refractivity contribution in [1.29, 1.82) is 0 Å². The van der Waals surface area contributed by atoms with Gasteiger partial charge in [0.25, 0.3) is 0 Å². The van der Waals surface area contributed by atoms with E-state index in [-0.39, 0.29) is 4.90 Å². The van der Waals surface area contributed by atoms with Gasteiger partial charge in [-0.1, -0.05) is 41.9 Å². The normalized spacial score (nSPS) is 21.5. The Kier molecular flexibility index (Phi) is 5.59. The average Bonchev–Trinajstić information content (AvgIpc) is 2.62. The van der Waals surface area contributed by atoms with E-state index in [1.165, 1.54) is 17.7 Å². The van der Waals surface area contributed by atoms with Gasteiger partial charge in [-0.3, -0.25) is 0 Å². The molecule has 2 aromatic carbocycles. The highest BCUT2D eigenvalue weighted by Crippen LogP contribution is 2.35. The Balaban J connectivity index is 1.52. The van der Waals surface area contributed by atoms with E-state index >= 15 is 0 Å². The highest BCUT2D eigenvalue weighted by atomic mass is 35.5. The molecule has 5 heteroatoms. The molecule has 0 atom stereocenters. The topological polar surface area (TPSA) is 46.2 Å². The molecule has 2 aromatic rings. The van der Waals surface area contributed by atoms with Gasteiger partial charge >= 0.3 is 0 Å². The lowest BCUT2D eigenvalue weighted by Crippen LogP contribution is -2.31. The molecular formula is C19H22ClNO2S. The van der Waals surface area contributed by atoms with Crippen molar-refractivity contribution in [2.24, 2.45) is 5.92 Å². The molecule has 0 amide bonds. The predicted molar refractivity (Wildman–Crippen MR) is 97.8 cm³/mol. The minimum absolute atomic E-state index is 0.268. The van der Waals surface area contributed by atoms with Crippen LogP contribution in [0.3, 0.4) is 0 Å². The SMILES string of the molecule is O=S(=O)(NC[C@H]1CC[C@@H](c2ccccc2)CC1)c1ccc(Cl)cc1. The molecule has 1 aliphatic rings. The lowest BCUT2D eigenvalue weighted by molar-refractivity contribution is 0.326. The molecule has 0 saturated heterocycles. The first kappa shape index (κ1) is 17.5. The third kappa shape index (κ3) is 4.38. The molecule has 1 fully saturated rings. The maximum absolute atomic E-state index is 12.3. The molecule has 3 rings (SSSR count). The van der Waals surface area contributed by atoms with Crippen LogP contribution in [0.15, 0.2) is 59.5 Å². The minimum atomic E-state index is -3.45. The summed E-state index contributed by atoms with van der Waals surface area (Å²) in [6.07, 6.45) is 4.36. The van der Waals surface area contributed by atoms with Gasteiger partial charge in [-0.25, -0.2) is 13.1 Å². The smallest absolute Gasteiger partial charge is 0.211 e. The van der Waals surface area contributed by atoms with Crippen LogP contribution in [-0.2, 0) is 10.0 Å². The van der Waals surface area contributed by atoms with Gasteiger partial charge in [-0.2, -0.15) is 0 Å². The van der Waals surface area contributed by atoms with Gasteiger partial charge in [0.15, 0.2) is 0 Å². The summed E-state index contributed by atoms with van der Waals surface area (Å²) in [6.45, 7) is 0.506. The maximum atomic E-state index is 12.3. The fraction of sp³-hybridized carbons (Fsp3) is 0.368. The van der Waals surface area contributed by atoms with Crippen molar-refractivity contribution < 1.29 is 8.42 Å². The van der Waals surface area contributed by atoms with Gasteiger partial charge in [0.2, 0.25) is 10.0 Å². The van der Waals surface area contributed by atoms with Crippen LogP contribution < -0.4 is 4.72 Å². The first-order valence-corrected chi connectivity index (χ1v) is 10.2. The second-order valence-corrected chi connectivity index (χ2v) is 8.64. The number of nitrogens with one attached hydrogen (secondary N) is 1. The molecule has 1 aliphatic carbocycles. The van der Waals surface area contributed by atoms with E-state index in [9.17, 15) is 8.42 Å². The van der Waals surface area contributed by atoms with Gasteiger partial charge in [-0.15, -0.1) is 0 Å². The van der Waals surface area contributed by atoms with Crippen LogP contribution in [-0.4, -0.2) is 15.0 Å². The third-order valence-corrected chi connectivity index (χ3v) is 6.50. The average molecular weight is 364 g/mol. The Morgan fingerprint density at radius 2 is 1.54 bits per heavy atom. The van der Waals surface area contributed by atoms with E-state index in [0.717, 1.165) is 25.7 Å². The van der Waals surface area contributed by atoms with Gasteiger partial charge in [0, 0.05) is 11.6 Å². The van der Waals surface area contributed by atoms with Crippen molar-refractivity contribution in [2.45, 2.75) is 36.5 Å². The first-order chi connectivity index (χ1) is 11.5. The van der Waals surface area contributed by atoms with Crippen LogP contribution in [0, 0.1) is 5.92 Å². The fourth-order valence-corrected chi connectivity index (χ4v) is 4.59. The summed E-state index contributed by atoms with van der Waals surface area (Å²) in [4.78, 5) is 0.268. The number of benzene rings is 2. The Hall–Kier alpha value is -1.36. The van der Waals surface area contributed by atoms with Crippen molar-refractivity contribution in [1.82, 2.24) is 4.72 Å². The summed E-state index contributed by atoms with van der Waals surface area (Å²) in [5.74, 6) is 1.02.